The molecule has 146 valence electrons. The van der Waals surface area contributed by atoms with Crippen LogP contribution in [0.1, 0.15) is 48.0 Å². The van der Waals surface area contributed by atoms with E-state index in [0.29, 0.717) is 34.8 Å². The average molecular weight is 383 g/mol. The third-order valence-electron chi connectivity index (χ3n) is 4.01. The van der Waals surface area contributed by atoms with Gasteiger partial charge in [0.1, 0.15) is 12.4 Å². The number of aromatic nitrogens is 2. The lowest BCUT2D eigenvalue weighted by molar-refractivity contribution is -0.116. The van der Waals surface area contributed by atoms with Gasteiger partial charge in [-0.1, -0.05) is 19.4 Å². The Hall–Kier alpha value is -3.42. The maximum absolute atomic E-state index is 12.3. The van der Waals surface area contributed by atoms with Gasteiger partial charge >= 0.3 is 5.97 Å². The number of nitrogens with zero attached hydrogens (tertiary/aromatic N) is 2. The van der Waals surface area contributed by atoms with Crippen molar-refractivity contribution in [3.8, 4) is 0 Å². The Morgan fingerprint density at radius 1 is 1.25 bits per heavy atom. The summed E-state index contributed by atoms with van der Waals surface area (Å²) < 4.78 is 11.5. The Morgan fingerprint density at radius 2 is 2.07 bits per heavy atom. The van der Waals surface area contributed by atoms with Gasteiger partial charge in [-0.25, -0.2) is 9.78 Å². The molecule has 1 aromatic carbocycles. The molecule has 3 aromatic rings. The van der Waals surface area contributed by atoms with Gasteiger partial charge in [-0.2, -0.15) is 0 Å². The predicted octanol–water partition coefficient (Wildman–Crippen LogP) is 3.08. The van der Waals surface area contributed by atoms with E-state index in [2.05, 4.69) is 10.3 Å². The third-order valence-corrected chi connectivity index (χ3v) is 4.01. The highest BCUT2D eigenvalue weighted by atomic mass is 16.5. The molecule has 1 N–H and O–H groups in total. The Labute approximate surface area is 161 Å². The first kappa shape index (κ1) is 19.3. The molecule has 0 aliphatic rings. The zero-order valence-corrected chi connectivity index (χ0v) is 15.7. The first-order valence-electron chi connectivity index (χ1n) is 9.03. The van der Waals surface area contributed by atoms with Crippen molar-refractivity contribution in [2.45, 2.75) is 39.7 Å². The summed E-state index contributed by atoms with van der Waals surface area (Å²) in [7, 11) is 0. The van der Waals surface area contributed by atoms with Gasteiger partial charge in [-0.3, -0.25) is 9.59 Å². The Balaban J connectivity index is 1.66. The second kappa shape index (κ2) is 8.51. The van der Waals surface area contributed by atoms with Crippen LogP contribution in [0.5, 0.6) is 0 Å². The summed E-state index contributed by atoms with van der Waals surface area (Å²) in [5.41, 5.74) is 1.12. The van der Waals surface area contributed by atoms with Crippen molar-refractivity contribution in [2.75, 3.05) is 5.32 Å². The number of amides is 1. The zero-order valence-electron chi connectivity index (χ0n) is 15.7. The minimum absolute atomic E-state index is 0.0965. The molecule has 0 fully saturated rings. The van der Waals surface area contributed by atoms with Crippen LogP contribution in [0.15, 0.2) is 45.7 Å². The fourth-order valence-electron chi connectivity index (χ4n) is 2.66. The van der Waals surface area contributed by atoms with Gasteiger partial charge < -0.3 is 14.6 Å². The Kier molecular flexibility index (Phi) is 5.88. The number of aryl methyl sites for hydroxylation is 1. The molecule has 0 saturated carbocycles. The normalized spacial score (nSPS) is 10.8. The highest BCUT2D eigenvalue weighted by Crippen LogP contribution is 2.14. The molecule has 8 nitrogen and oxygen atoms in total. The van der Waals surface area contributed by atoms with E-state index in [9.17, 15) is 14.4 Å². The summed E-state index contributed by atoms with van der Waals surface area (Å²) in [6.07, 6.45) is 2.17. The standard InChI is InChI=1S/C20H21N3O5/c1-3-4-8-18(24)22-15-7-5-6-14(10-15)20(26)27-12-16-11-19(25)23-17(21-16)9-13(2)28-23/h5-7,9-11H,3-4,8,12H2,1-2H3,(H,22,24). The molecule has 0 atom stereocenters. The molecular weight excluding hydrogens is 362 g/mol. The van der Waals surface area contributed by atoms with Crippen LogP contribution >= 0.6 is 0 Å². The molecular formula is C20H21N3O5. The number of hydrogen-bond acceptors (Lipinski definition) is 6. The van der Waals surface area contributed by atoms with Crippen LogP contribution in [-0.4, -0.2) is 21.4 Å². The van der Waals surface area contributed by atoms with E-state index >= 15 is 0 Å². The van der Waals surface area contributed by atoms with Crippen LogP contribution in [0.3, 0.4) is 0 Å². The summed E-state index contributed by atoms with van der Waals surface area (Å²) in [5.74, 6) is -0.118. The number of ether oxygens (including phenoxy) is 1. The molecule has 0 radical (unpaired) electrons. The monoisotopic (exact) mass is 383 g/mol. The van der Waals surface area contributed by atoms with E-state index in [1.807, 2.05) is 6.92 Å². The molecule has 3 rings (SSSR count). The first-order chi connectivity index (χ1) is 13.5. The fourth-order valence-corrected chi connectivity index (χ4v) is 2.66. The lowest BCUT2D eigenvalue weighted by atomic mass is 10.2. The molecule has 1 amide bonds. The molecule has 28 heavy (non-hydrogen) atoms. The van der Waals surface area contributed by atoms with E-state index < -0.39 is 5.97 Å². The number of anilines is 1. The number of nitrogens with one attached hydrogen (secondary N) is 1. The van der Waals surface area contributed by atoms with Crippen molar-refractivity contribution in [1.82, 2.24) is 9.56 Å². The van der Waals surface area contributed by atoms with Gasteiger partial charge in [0.2, 0.25) is 5.91 Å². The fraction of sp³-hybridized carbons (Fsp3) is 0.300. The second-order valence-electron chi connectivity index (χ2n) is 6.39. The third kappa shape index (κ3) is 4.64. The van der Waals surface area contributed by atoms with Crippen LogP contribution in [-0.2, 0) is 16.1 Å². The summed E-state index contributed by atoms with van der Waals surface area (Å²) >= 11 is 0. The minimum Gasteiger partial charge on any atom is -0.456 e. The zero-order chi connectivity index (χ0) is 20.1. The molecule has 8 heteroatoms. The van der Waals surface area contributed by atoms with Crippen LogP contribution in [0.2, 0.25) is 0 Å². The molecule has 2 aromatic heterocycles. The summed E-state index contributed by atoms with van der Waals surface area (Å²) in [5, 5.41) is 2.76. The summed E-state index contributed by atoms with van der Waals surface area (Å²) in [4.78, 5) is 40.4. The van der Waals surface area contributed by atoms with Crippen LogP contribution in [0, 0.1) is 6.92 Å². The second-order valence-corrected chi connectivity index (χ2v) is 6.39. The highest BCUT2D eigenvalue weighted by molar-refractivity contribution is 5.94. The first-order valence-corrected chi connectivity index (χ1v) is 9.03. The predicted molar refractivity (Wildman–Crippen MR) is 102 cm³/mol. The number of benzene rings is 1. The lowest BCUT2D eigenvalue weighted by Crippen LogP contribution is -2.15. The Bertz CT molecular complexity index is 1070. The topological polar surface area (TPSA) is 103 Å². The number of unbranched alkanes of at least 4 members (excludes halogenated alkanes) is 1. The number of fused-ring (bicyclic) bond motifs is 1. The van der Waals surface area contributed by atoms with Crippen molar-refractivity contribution in [3.63, 3.8) is 0 Å². The minimum atomic E-state index is -0.574. The van der Waals surface area contributed by atoms with E-state index in [1.54, 1.807) is 37.3 Å². The maximum Gasteiger partial charge on any atom is 0.338 e. The number of hydrogen-bond donors (Lipinski definition) is 1. The van der Waals surface area contributed by atoms with Crippen LogP contribution < -0.4 is 10.9 Å². The molecule has 2 heterocycles. The average Bonchev–Trinajstić information content (AvgIpc) is 3.05. The maximum atomic E-state index is 12.3. The lowest BCUT2D eigenvalue weighted by Gasteiger charge is -2.08. The smallest absolute Gasteiger partial charge is 0.338 e. The largest absolute Gasteiger partial charge is 0.456 e. The molecule has 0 unspecified atom stereocenters. The SMILES string of the molecule is CCCCC(=O)Nc1cccc(C(=O)OCc2cc(=O)n3oc(C)cc3n2)c1. The number of esters is 1. The van der Waals surface area contributed by atoms with Gasteiger partial charge in [-0.15, -0.1) is 4.57 Å². The molecule has 0 aliphatic carbocycles. The quantitative estimate of drug-likeness (QED) is 0.629. The van der Waals surface area contributed by atoms with E-state index in [-0.39, 0.29) is 18.1 Å². The van der Waals surface area contributed by atoms with Gasteiger partial charge in [0.25, 0.3) is 5.56 Å². The van der Waals surface area contributed by atoms with Gasteiger partial charge in [0.15, 0.2) is 5.65 Å². The number of rotatable bonds is 7. The van der Waals surface area contributed by atoms with Crippen molar-refractivity contribution in [3.05, 3.63) is 63.8 Å². The van der Waals surface area contributed by atoms with Crippen LogP contribution in [0.25, 0.3) is 5.65 Å². The van der Waals surface area contributed by atoms with Crippen molar-refractivity contribution >= 4 is 23.2 Å². The number of carbonyl (C=O) groups excluding carboxylic acids is 2. The van der Waals surface area contributed by atoms with Crippen LogP contribution in [0.4, 0.5) is 5.69 Å². The van der Waals surface area contributed by atoms with Crippen molar-refractivity contribution < 1.29 is 18.8 Å². The van der Waals surface area contributed by atoms with Crippen molar-refractivity contribution in [2.24, 2.45) is 0 Å². The molecule has 0 bridgehead atoms. The molecule has 0 spiro atoms. The highest BCUT2D eigenvalue weighted by Gasteiger charge is 2.12. The van der Waals surface area contributed by atoms with E-state index in [4.69, 9.17) is 9.26 Å². The molecule has 0 aliphatic heterocycles. The summed E-state index contributed by atoms with van der Waals surface area (Å²) in [6, 6.07) is 9.40. The number of carbonyl (C=O) groups is 2. The van der Waals surface area contributed by atoms with Crippen molar-refractivity contribution in [1.29, 1.82) is 0 Å². The summed E-state index contributed by atoms with van der Waals surface area (Å²) in [6.45, 7) is 3.57. The van der Waals surface area contributed by atoms with E-state index in [0.717, 1.165) is 17.4 Å². The van der Waals surface area contributed by atoms with Gasteiger partial charge in [0, 0.05) is 24.2 Å². The van der Waals surface area contributed by atoms with E-state index in [1.165, 1.54) is 6.07 Å². The molecule has 0 saturated heterocycles. The van der Waals surface area contributed by atoms with Gasteiger partial charge in [-0.05, 0) is 31.5 Å². The Morgan fingerprint density at radius 3 is 2.86 bits per heavy atom. The van der Waals surface area contributed by atoms with Gasteiger partial charge in [0.05, 0.1) is 11.3 Å².